The van der Waals surface area contributed by atoms with Gasteiger partial charge in [-0.2, -0.15) is 0 Å². The van der Waals surface area contributed by atoms with Crippen LogP contribution >= 0.6 is 15.9 Å². The van der Waals surface area contributed by atoms with Crippen LogP contribution in [0.25, 0.3) is 0 Å². The van der Waals surface area contributed by atoms with Crippen molar-refractivity contribution in [1.29, 1.82) is 0 Å². The zero-order chi connectivity index (χ0) is 12.0. The molecule has 0 radical (unpaired) electrons. The summed E-state index contributed by atoms with van der Waals surface area (Å²) in [6, 6.07) is 1.97. The highest BCUT2D eigenvalue weighted by atomic mass is 79.9. The van der Waals surface area contributed by atoms with Crippen molar-refractivity contribution in [1.82, 2.24) is 4.98 Å². The highest BCUT2D eigenvalue weighted by Gasteiger charge is 2.56. The summed E-state index contributed by atoms with van der Waals surface area (Å²) in [5, 5.41) is 2.96. The van der Waals surface area contributed by atoms with Gasteiger partial charge >= 0.3 is 0 Å². The van der Waals surface area contributed by atoms with Gasteiger partial charge in [-0.1, -0.05) is 6.42 Å². The number of halogens is 1. The number of hydrogen-bond donors (Lipinski definition) is 1. The fourth-order valence-electron chi connectivity index (χ4n) is 3.08. The Morgan fingerprint density at radius 3 is 2.82 bits per heavy atom. The molecule has 17 heavy (non-hydrogen) atoms. The molecule has 1 heterocycles. The number of aromatic nitrogens is 1. The minimum Gasteiger partial charge on any atom is -0.310 e. The molecule has 4 heteroatoms. The number of nitrogens with zero attached hydrogens (tertiary/aromatic N) is 1. The van der Waals surface area contributed by atoms with E-state index in [1.165, 1.54) is 19.3 Å². The molecular formula is C13H15BrN2O. The molecule has 3 nitrogen and oxygen atoms in total. The van der Waals surface area contributed by atoms with Crippen LogP contribution in [0.2, 0.25) is 0 Å². The number of pyridine rings is 1. The quantitative estimate of drug-likeness (QED) is 0.910. The fourth-order valence-corrected chi connectivity index (χ4v) is 3.53. The van der Waals surface area contributed by atoms with E-state index in [1.807, 2.05) is 13.0 Å². The molecule has 2 atom stereocenters. The molecule has 0 saturated heterocycles. The summed E-state index contributed by atoms with van der Waals surface area (Å²) in [7, 11) is 0. The number of carbonyl (C=O) groups excluding carboxylic acids is 1. The van der Waals surface area contributed by atoms with Crippen molar-refractivity contribution in [2.75, 3.05) is 5.32 Å². The zero-order valence-corrected chi connectivity index (χ0v) is 11.3. The Hall–Kier alpha value is -0.900. The molecule has 2 saturated carbocycles. The second kappa shape index (κ2) is 4.09. The molecule has 1 N–H and O–H groups in total. The molecule has 3 rings (SSSR count). The topological polar surface area (TPSA) is 42.0 Å². The maximum Gasteiger partial charge on any atom is 0.229 e. The molecule has 1 aromatic heterocycles. The van der Waals surface area contributed by atoms with Gasteiger partial charge < -0.3 is 5.32 Å². The van der Waals surface area contributed by atoms with Crippen molar-refractivity contribution in [2.45, 2.75) is 26.2 Å². The SMILES string of the molecule is Cc1cc(Br)cnc1NC(=O)C1C2CCCC21. The van der Waals surface area contributed by atoms with Crippen LogP contribution in [0.5, 0.6) is 0 Å². The number of anilines is 1. The van der Waals surface area contributed by atoms with Gasteiger partial charge in [0, 0.05) is 16.6 Å². The van der Waals surface area contributed by atoms with Crippen LogP contribution in [-0.4, -0.2) is 10.9 Å². The smallest absolute Gasteiger partial charge is 0.229 e. The van der Waals surface area contributed by atoms with E-state index in [-0.39, 0.29) is 11.8 Å². The van der Waals surface area contributed by atoms with Gasteiger partial charge in [0.2, 0.25) is 5.91 Å². The molecule has 2 unspecified atom stereocenters. The Morgan fingerprint density at radius 2 is 2.18 bits per heavy atom. The number of carbonyl (C=O) groups is 1. The first-order chi connectivity index (χ1) is 8.16. The Bertz CT molecular complexity index is 464. The van der Waals surface area contributed by atoms with Crippen LogP contribution in [-0.2, 0) is 4.79 Å². The lowest BCUT2D eigenvalue weighted by Gasteiger charge is -2.08. The van der Waals surface area contributed by atoms with E-state index in [4.69, 9.17) is 0 Å². The number of aryl methyl sites for hydroxylation is 1. The number of fused-ring (bicyclic) bond motifs is 1. The van der Waals surface area contributed by atoms with E-state index in [0.29, 0.717) is 17.7 Å². The summed E-state index contributed by atoms with van der Waals surface area (Å²) < 4.78 is 0.941. The Labute approximate surface area is 109 Å². The first kappa shape index (κ1) is 11.2. The summed E-state index contributed by atoms with van der Waals surface area (Å²) in [5.41, 5.74) is 0.999. The van der Waals surface area contributed by atoms with Gasteiger partial charge in [0.05, 0.1) is 0 Å². The van der Waals surface area contributed by atoms with Crippen LogP contribution in [0.4, 0.5) is 5.82 Å². The van der Waals surface area contributed by atoms with Crippen molar-refractivity contribution in [3.63, 3.8) is 0 Å². The molecule has 0 aliphatic heterocycles. The second-order valence-electron chi connectivity index (χ2n) is 5.09. The van der Waals surface area contributed by atoms with Crippen LogP contribution in [0.1, 0.15) is 24.8 Å². The maximum absolute atomic E-state index is 12.1. The molecule has 2 aliphatic carbocycles. The van der Waals surface area contributed by atoms with Crippen LogP contribution in [0.15, 0.2) is 16.7 Å². The minimum atomic E-state index is 0.164. The standard InChI is InChI=1S/C13H15BrN2O/c1-7-5-8(14)6-15-12(7)16-13(17)11-9-3-2-4-10(9)11/h5-6,9-11H,2-4H2,1H3,(H,15,16,17). The number of nitrogens with one attached hydrogen (secondary N) is 1. The van der Waals surface area contributed by atoms with Gasteiger partial charge in [-0.3, -0.25) is 4.79 Å². The fraction of sp³-hybridized carbons (Fsp3) is 0.538. The summed E-state index contributed by atoms with van der Waals surface area (Å²) >= 11 is 3.37. The summed E-state index contributed by atoms with van der Waals surface area (Å²) in [6.45, 7) is 1.96. The minimum absolute atomic E-state index is 0.164. The predicted octanol–water partition coefficient (Wildman–Crippen LogP) is 3.14. The van der Waals surface area contributed by atoms with Gasteiger partial charge in [0.25, 0.3) is 0 Å². The van der Waals surface area contributed by atoms with Crippen molar-refractivity contribution in [3.05, 3.63) is 22.3 Å². The van der Waals surface area contributed by atoms with Crippen molar-refractivity contribution < 1.29 is 4.79 Å². The molecule has 1 aromatic rings. The summed E-state index contributed by atoms with van der Waals surface area (Å²) in [5.74, 6) is 2.44. The lowest BCUT2D eigenvalue weighted by molar-refractivity contribution is -0.118. The van der Waals surface area contributed by atoms with Gasteiger partial charge in [0.15, 0.2) is 0 Å². The van der Waals surface area contributed by atoms with Gasteiger partial charge in [-0.25, -0.2) is 4.98 Å². The molecule has 0 aromatic carbocycles. The third-order valence-electron chi connectivity index (χ3n) is 4.00. The van der Waals surface area contributed by atoms with E-state index in [1.54, 1.807) is 6.20 Å². The number of hydrogen-bond acceptors (Lipinski definition) is 2. The maximum atomic E-state index is 12.1. The van der Waals surface area contributed by atoms with Crippen LogP contribution in [0.3, 0.4) is 0 Å². The lowest BCUT2D eigenvalue weighted by Crippen LogP contribution is -2.18. The van der Waals surface area contributed by atoms with Crippen molar-refractivity contribution in [3.8, 4) is 0 Å². The van der Waals surface area contributed by atoms with E-state index in [9.17, 15) is 4.79 Å². The monoisotopic (exact) mass is 294 g/mol. The second-order valence-corrected chi connectivity index (χ2v) is 6.01. The average molecular weight is 295 g/mol. The van der Waals surface area contributed by atoms with Crippen LogP contribution in [0, 0.1) is 24.7 Å². The lowest BCUT2D eigenvalue weighted by atomic mass is 10.1. The van der Waals surface area contributed by atoms with Crippen LogP contribution < -0.4 is 5.32 Å². The molecule has 2 fully saturated rings. The predicted molar refractivity (Wildman–Crippen MR) is 69.6 cm³/mol. The van der Waals surface area contributed by atoms with E-state index in [0.717, 1.165) is 10.0 Å². The highest BCUT2D eigenvalue weighted by Crippen LogP contribution is 2.57. The normalized spacial score (nSPS) is 29.9. The molecular weight excluding hydrogens is 280 g/mol. The number of amides is 1. The van der Waals surface area contributed by atoms with Crippen molar-refractivity contribution >= 4 is 27.7 Å². The molecule has 90 valence electrons. The largest absolute Gasteiger partial charge is 0.310 e. The molecule has 1 amide bonds. The Morgan fingerprint density at radius 1 is 1.47 bits per heavy atom. The van der Waals surface area contributed by atoms with Gasteiger partial charge in [0.1, 0.15) is 5.82 Å². The van der Waals surface area contributed by atoms with E-state index in [2.05, 4.69) is 26.2 Å². The Balaban J connectivity index is 1.69. The third kappa shape index (κ3) is 1.99. The number of rotatable bonds is 2. The first-order valence-corrected chi connectivity index (χ1v) is 6.89. The van der Waals surface area contributed by atoms with E-state index >= 15 is 0 Å². The summed E-state index contributed by atoms with van der Waals surface area (Å²) in [4.78, 5) is 16.3. The first-order valence-electron chi connectivity index (χ1n) is 6.10. The van der Waals surface area contributed by atoms with Gasteiger partial charge in [-0.05, 0) is 59.2 Å². The summed E-state index contributed by atoms with van der Waals surface area (Å²) in [6.07, 6.45) is 5.48. The molecule has 2 aliphatic rings. The van der Waals surface area contributed by atoms with Crippen molar-refractivity contribution in [2.24, 2.45) is 17.8 Å². The van der Waals surface area contributed by atoms with E-state index < -0.39 is 0 Å². The third-order valence-corrected chi connectivity index (χ3v) is 4.43. The highest BCUT2D eigenvalue weighted by molar-refractivity contribution is 9.10. The zero-order valence-electron chi connectivity index (χ0n) is 9.74. The molecule has 0 bridgehead atoms. The average Bonchev–Trinajstić information content (AvgIpc) is 2.77. The van der Waals surface area contributed by atoms with Gasteiger partial charge in [-0.15, -0.1) is 0 Å². The Kier molecular flexibility index (Phi) is 2.69. The molecule has 0 spiro atoms.